The van der Waals surface area contributed by atoms with Crippen molar-refractivity contribution in [1.82, 2.24) is 4.90 Å². The lowest BCUT2D eigenvalue weighted by Crippen LogP contribution is -2.70. The summed E-state index contributed by atoms with van der Waals surface area (Å²) in [5.74, 6) is -8.87. The number of hydrogen-bond donors (Lipinski definition) is 6. The van der Waals surface area contributed by atoms with Crippen LogP contribution in [0.5, 0.6) is 5.75 Å². The second kappa shape index (κ2) is 7.66. The number of likely N-dealkylation sites (N-methyl/N-ethyl adjacent to an activating group) is 1. The lowest BCUT2D eigenvalue weighted by Gasteiger charge is -2.53. The van der Waals surface area contributed by atoms with E-state index in [0.717, 1.165) is 0 Å². The molecule has 3 aliphatic rings. The first kappa shape index (κ1) is 24.4. The summed E-state index contributed by atoms with van der Waals surface area (Å²) in [4.78, 5) is 40.0. The number of nitrogens with two attached hydrogens (primary N) is 1. The number of aliphatic hydroxyl groups is 4. The fourth-order valence-electron chi connectivity index (χ4n) is 5.58. The highest BCUT2D eigenvalue weighted by Crippen LogP contribution is 2.55. The Labute approximate surface area is 188 Å². The third-order valence-corrected chi connectivity index (χ3v) is 6.99. The van der Waals surface area contributed by atoms with Crippen molar-refractivity contribution >= 4 is 23.2 Å². The van der Waals surface area contributed by atoms with E-state index in [4.69, 9.17) is 5.73 Å². The number of nitrogens with zero attached hydrogens (tertiary/aromatic N) is 1. The number of amides is 1. The molecule has 1 saturated carbocycles. The highest BCUT2D eigenvalue weighted by atomic mass is 16.4. The number of aliphatic hydroxyl groups excluding tert-OH is 3. The maximum absolute atomic E-state index is 13.7. The predicted octanol–water partition coefficient (Wildman–Crippen LogP) is -1.33. The van der Waals surface area contributed by atoms with Gasteiger partial charge in [0.2, 0.25) is 5.78 Å². The zero-order valence-electron chi connectivity index (χ0n) is 18.1. The first-order valence-electron chi connectivity index (χ1n) is 10.0. The Bertz CT molecular complexity index is 1140. The molecule has 178 valence electrons. The van der Waals surface area contributed by atoms with Crippen molar-refractivity contribution in [3.63, 3.8) is 0 Å². The largest absolute Gasteiger partial charge is 0.508 e. The molecule has 0 aliphatic heterocycles. The Morgan fingerprint density at radius 2 is 1.76 bits per heavy atom. The fourth-order valence-corrected chi connectivity index (χ4v) is 5.58. The van der Waals surface area contributed by atoms with E-state index < -0.39 is 75.6 Å². The maximum Gasteiger partial charge on any atom is 0.255 e. The second-order valence-corrected chi connectivity index (χ2v) is 8.79. The molecular formula is C22H26N2O9. The van der Waals surface area contributed by atoms with E-state index in [1.54, 1.807) is 19.1 Å². The molecule has 0 bridgehead atoms. The van der Waals surface area contributed by atoms with E-state index in [1.807, 2.05) is 0 Å². The number of hydrogen-bond acceptors (Lipinski definition) is 9. The predicted molar refractivity (Wildman–Crippen MR) is 114 cm³/mol. The van der Waals surface area contributed by atoms with Crippen molar-refractivity contribution in [2.24, 2.45) is 17.6 Å². The van der Waals surface area contributed by atoms with Gasteiger partial charge in [0.25, 0.3) is 5.91 Å². The van der Waals surface area contributed by atoms with E-state index in [2.05, 4.69) is 0 Å². The van der Waals surface area contributed by atoms with Gasteiger partial charge in [0, 0.05) is 11.5 Å². The second-order valence-electron chi connectivity index (χ2n) is 8.79. The molecule has 0 heterocycles. The van der Waals surface area contributed by atoms with Gasteiger partial charge in [-0.3, -0.25) is 19.3 Å². The monoisotopic (exact) mass is 462 g/mol. The minimum atomic E-state index is -2.89. The Kier molecular flexibility index (Phi) is 5.66. The molecule has 1 amide bonds. The molecule has 0 spiro atoms. The quantitative estimate of drug-likeness (QED) is 0.287. The third kappa shape index (κ3) is 2.86. The van der Waals surface area contributed by atoms with Crippen LogP contribution in [0, 0.1) is 11.8 Å². The van der Waals surface area contributed by atoms with Crippen LogP contribution in [0.15, 0.2) is 35.1 Å². The van der Waals surface area contributed by atoms with E-state index in [-0.39, 0.29) is 16.8 Å². The number of rotatable bonds is 2. The molecule has 0 saturated heterocycles. The number of primary amides is 1. The van der Waals surface area contributed by atoms with Crippen molar-refractivity contribution in [2.45, 2.75) is 30.6 Å². The van der Waals surface area contributed by atoms with Gasteiger partial charge in [0.15, 0.2) is 11.4 Å². The Balaban J connectivity index is 0.00000306. The number of fused-ring (bicyclic) bond motifs is 3. The topological polar surface area (TPSA) is 213 Å². The molecular weight excluding hydrogens is 436 g/mol. The summed E-state index contributed by atoms with van der Waals surface area (Å²) in [6.45, 7) is 1.68. The highest BCUT2D eigenvalue weighted by molar-refractivity contribution is 6.24. The zero-order chi connectivity index (χ0) is 23.9. The van der Waals surface area contributed by atoms with Gasteiger partial charge in [-0.05, 0) is 31.6 Å². The third-order valence-electron chi connectivity index (χ3n) is 6.99. The number of ketones is 2. The molecule has 0 aromatic heterocycles. The van der Waals surface area contributed by atoms with Gasteiger partial charge >= 0.3 is 0 Å². The number of carbonyl (C=O) groups is 3. The summed E-state index contributed by atoms with van der Waals surface area (Å²) in [6.07, 6.45) is -1.59. The number of phenolic OH excluding ortho intramolecular Hbond substituents is 1. The molecule has 1 fully saturated rings. The van der Waals surface area contributed by atoms with Crippen LogP contribution in [-0.2, 0) is 14.4 Å². The molecule has 9 N–H and O–H groups in total. The molecule has 1 aromatic rings. The zero-order valence-corrected chi connectivity index (χ0v) is 18.1. The molecule has 6 atom stereocenters. The van der Waals surface area contributed by atoms with Gasteiger partial charge < -0.3 is 36.7 Å². The lowest BCUT2D eigenvalue weighted by molar-refractivity contribution is -0.169. The smallest absolute Gasteiger partial charge is 0.255 e. The van der Waals surface area contributed by atoms with Crippen LogP contribution in [0.3, 0.4) is 0 Å². The molecule has 5 unspecified atom stereocenters. The number of Topliss-reactive ketones (excluding diaryl/α,β-unsaturated/α-hetero) is 2. The van der Waals surface area contributed by atoms with E-state index in [9.17, 15) is 39.9 Å². The van der Waals surface area contributed by atoms with E-state index in [1.165, 1.54) is 25.1 Å². The van der Waals surface area contributed by atoms with Crippen LogP contribution in [0.2, 0.25) is 0 Å². The summed E-state index contributed by atoms with van der Waals surface area (Å²) in [5.41, 5.74) is 1.47. The van der Waals surface area contributed by atoms with E-state index in [0.29, 0.717) is 5.56 Å². The minimum absolute atomic E-state index is 0. The van der Waals surface area contributed by atoms with Crippen molar-refractivity contribution in [3.05, 3.63) is 46.2 Å². The van der Waals surface area contributed by atoms with Crippen LogP contribution >= 0.6 is 0 Å². The average molecular weight is 462 g/mol. The van der Waals surface area contributed by atoms with Crippen LogP contribution in [-0.4, -0.2) is 85.2 Å². The van der Waals surface area contributed by atoms with Crippen molar-refractivity contribution in [3.8, 4) is 5.75 Å². The van der Waals surface area contributed by atoms with Crippen molar-refractivity contribution in [1.29, 1.82) is 0 Å². The fraction of sp³-hybridized carbons (Fsp3) is 0.409. The van der Waals surface area contributed by atoms with Crippen LogP contribution in [0.25, 0.3) is 5.76 Å². The van der Waals surface area contributed by atoms with Crippen LogP contribution in [0.4, 0.5) is 0 Å². The molecule has 11 nitrogen and oxygen atoms in total. The highest BCUT2D eigenvalue weighted by Gasteiger charge is 2.68. The van der Waals surface area contributed by atoms with E-state index >= 15 is 0 Å². The van der Waals surface area contributed by atoms with Crippen molar-refractivity contribution in [2.75, 3.05) is 14.1 Å². The molecule has 4 rings (SSSR count). The van der Waals surface area contributed by atoms with Crippen molar-refractivity contribution < 1.29 is 45.4 Å². The number of benzene rings is 1. The van der Waals surface area contributed by atoms with Gasteiger partial charge in [0.05, 0.1) is 23.6 Å². The van der Waals surface area contributed by atoms with Gasteiger partial charge in [-0.1, -0.05) is 19.1 Å². The standard InChI is InChI=1S/C22H24N2O8.H2O/c1-7-8-5-4-6-9(25)11(8)16(26)12-10(7)17(27)14-15(24(2)3)18(28)13(21(23)31)20(30)22(14,32)19(12)29;/h4-7,10,14-15,17,25-27,30,32H,1-3H3,(H2,23,31);1H2/t7?,10?,14?,15?,17?,22-;/m0./s1. The Morgan fingerprint density at radius 1 is 1.15 bits per heavy atom. The van der Waals surface area contributed by atoms with Crippen LogP contribution < -0.4 is 5.73 Å². The van der Waals surface area contributed by atoms with Gasteiger partial charge in [-0.15, -0.1) is 0 Å². The van der Waals surface area contributed by atoms with Gasteiger partial charge in [0.1, 0.15) is 22.8 Å². The average Bonchev–Trinajstić information content (AvgIpc) is 2.70. The number of carbonyl (C=O) groups excluding carboxylic acids is 3. The summed E-state index contributed by atoms with van der Waals surface area (Å²) < 4.78 is 0. The van der Waals surface area contributed by atoms with Gasteiger partial charge in [-0.25, -0.2) is 0 Å². The normalized spacial score (nSPS) is 33.3. The minimum Gasteiger partial charge on any atom is -0.508 e. The molecule has 11 heteroatoms. The first-order valence-corrected chi connectivity index (χ1v) is 10.0. The molecule has 33 heavy (non-hydrogen) atoms. The molecule has 0 radical (unpaired) electrons. The lowest BCUT2D eigenvalue weighted by atomic mass is 9.54. The van der Waals surface area contributed by atoms with Crippen LogP contribution in [0.1, 0.15) is 24.0 Å². The summed E-state index contributed by atoms with van der Waals surface area (Å²) in [6, 6.07) is 3.13. The maximum atomic E-state index is 13.7. The number of phenols is 1. The van der Waals surface area contributed by atoms with Gasteiger partial charge in [-0.2, -0.15) is 0 Å². The summed E-state index contributed by atoms with van der Waals surface area (Å²) in [7, 11) is 2.92. The SMILES string of the molecule is CC1c2cccc(O)c2C(O)=C2C(=O)[C@]3(O)C(O)=C(C(N)=O)C(=O)C(N(C)C)C3C(O)C21.O. The number of aromatic hydroxyl groups is 1. The molecule has 3 aliphatic carbocycles. The Hall–Kier alpha value is -3.25. The molecule has 1 aromatic carbocycles. The summed E-state index contributed by atoms with van der Waals surface area (Å²) in [5, 5.41) is 54.9. The first-order chi connectivity index (χ1) is 14.9. The Morgan fingerprint density at radius 3 is 2.30 bits per heavy atom. The summed E-state index contributed by atoms with van der Waals surface area (Å²) >= 11 is 0.